The van der Waals surface area contributed by atoms with Gasteiger partial charge in [-0.25, -0.2) is 0 Å². The van der Waals surface area contributed by atoms with Gasteiger partial charge in [0.15, 0.2) is 0 Å². The van der Waals surface area contributed by atoms with Crippen molar-refractivity contribution in [1.29, 1.82) is 0 Å². The van der Waals surface area contributed by atoms with Crippen molar-refractivity contribution in [1.82, 2.24) is 14.9 Å². The van der Waals surface area contributed by atoms with E-state index in [1.54, 1.807) is 11.3 Å². The molecule has 2 aromatic heterocycles. The molecule has 0 aliphatic heterocycles. The Morgan fingerprint density at radius 1 is 1.47 bits per heavy atom. The summed E-state index contributed by atoms with van der Waals surface area (Å²) < 4.78 is 4.92. The number of carbonyl (C=O) groups is 1. The van der Waals surface area contributed by atoms with Crippen LogP contribution in [0.2, 0.25) is 0 Å². The summed E-state index contributed by atoms with van der Waals surface area (Å²) in [5, 5.41) is 8.97. The zero-order valence-corrected chi connectivity index (χ0v) is 14.1. The molecule has 0 aliphatic carbocycles. The van der Waals surface area contributed by atoms with Crippen LogP contribution in [0.3, 0.4) is 0 Å². The second-order valence-corrected chi connectivity index (χ2v) is 7.68. The molecule has 0 bridgehead atoms. The second kappa shape index (κ2) is 5.68. The predicted octanol–water partition coefficient (Wildman–Crippen LogP) is 3.59. The summed E-state index contributed by atoms with van der Waals surface area (Å²) in [5.74, 6) is -0.111. The van der Waals surface area contributed by atoms with Gasteiger partial charge >= 0.3 is 0 Å². The van der Waals surface area contributed by atoms with Crippen LogP contribution in [0.25, 0.3) is 0 Å². The van der Waals surface area contributed by atoms with Gasteiger partial charge < -0.3 is 5.32 Å². The molecule has 1 N–H and O–H groups in total. The Morgan fingerprint density at radius 2 is 2.21 bits per heavy atom. The number of carbonyl (C=O) groups excluding carboxylic acids is 1. The third-order valence-electron chi connectivity index (χ3n) is 2.51. The molecule has 0 fully saturated rings. The lowest BCUT2D eigenvalue weighted by Crippen LogP contribution is -2.25. The predicted molar refractivity (Wildman–Crippen MR) is 81.8 cm³/mol. The molecule has 0 aromatic carbocycles. The Kier molecular flexibility index (Phi) is 4.37. The van der Waals surface area contributed by atoms with Crippen molar-refractivity contribution in [2.24, 2.45) is 0 Å². The fourth-order valence-electron chi connectivity index (χ4n) is 1.52. The van der Waals surface area contributed by atoms with Crippen LogP contribution in [0.1, 0.15) is 41.0 Å². The minimum absolute atomic E-state index is 0.111. The lowest BCUT2D eigenvalue weighted by atomic mass is 9.91. The highest BCUT2D eigenvalue weighted by atomic mass is 79.9. The zero-order valence-electron chi connectivity index (χ0n) is 10.9. The summed E-state index contributed by atoms with van der Waals surface area (Å²) >= 11 is 6.20. The minimum Gasteiger partial charge on any atom is -0.346 e. The van der Waals surface area contributed by atoms with E-state index in [4.69, 9.17) is 0 Å². The van der Waals surface area contributed by atoms with Gasteiger partial charge in [-0.2, -0.15) is 0 Å². The monoisotopic (exact) mass is 359 g/mol. The number of halogens is 1. The van der Waals surface area contributed by atoms with Crippen molar-refractivity contribution in [2.45, 2.75) is 32.7 Å². The van der Waals surface area contributed by atoms with Crippen molar-refractivity contribution in [3.05, 3.63) is 31.4 Å². The van der Waals surface area contributed by atoms with Crippen LogP contribution in [0.4, 0.5) is 0 Å². The molecular weight excluding hydrogens is 346 g/mol. The number of amides is 1. The summed E-state index contributed by atoms with van der Waals surface area (Å²) in [7, 11) is 0. The molecule has 0 aliphatic rings. The number of thiophene rings is 1. The number of rotatable bonds is 3. The Bertz CT molecular complexity index is 586. The molecule has 2 aromatic rings. The number of nitrogens with one attached hydrogen (secondary N) is 1. The summed E-state index contributed by atoms with van der Waals surface area (Å²) in [5.41, 5.74) is 0.573. The highest BCUT2D eigenvalue weighted by Crippen LogP contribution is 2.26. The number of hydrogen-bond donors (Lipinski definition) is 1. The summed E-state index contributed by atoms with van der Waals surface area (Å²) in [6.45, 7) is 6.58. The Balaban J connectivity index is 2.09. The molecule has 7 heteroatoms. The third kappa shape index (κ3) is 3.40. The van der Waals surface area contributed by atoms with Crippen LogP contribution in [-0.2, 0) is 12.0 Å². The number of aromatic nitrogens is 2. The van der Waals surface area contributed by atoms with Crippen LogP contribution in [0.15, 0.2) is 15.9 Å². The standard InChI is InChI=1S/C12H14BrN3OS2/c1-12(2,3)10-9(19-16-15-10)11(17)14-6-8-7(13)4-5-18-8/h4-5H,6H2,1-3H3,(H,14,17). The van der Waals surface area contributed by atoms with Crippen molar-refractivity contribution in [2.75, 3.05) is 0 Å². The third-order valence-corrected chi connectivity index (χ3v) is 5.16. The largest absolute Gasteiger partial charge is 0.346 e. The lowest BCUT2D eigenvalue weighted by Gasteiger charge is -2.16. The molecule has 102 valence electrons. The van der Waals surface area contributed by atoms with Crippen LogP contribution in [0.5, 0.6) is 0 Å². The maximum Gasteiger partial charge on any atom is 0.265 e. The molecule has 0 atom stereocenters. The summed E-state index contributed by atoms with van der Waals surface area (Å²) in [4.78, 5) is 13.9. The quantitative estimate of drug-likeness (QED) is 0.910. The number of nitrogens with zero attached hydrogens (tertiary/aromatic N) is 2. The van der Waals surface area contributed by atoms with Gasteiger partial charge in [-0.1, -0.05) is 25.3 Å². The molecule has 1 amide bonds. The fourth-order valence-corrected chi connectivity index (χ4v) is 3.75. The average molecular weight is 360 g/mol. The van der Waals surface area contributed by atoms with Crippen molar-refractivity contribution < 1.29 is 4.79 Å². The van der Waals surface area contributed by atoms with Crippen LogP contribution < -0.4 is 5.32 Å². The molecule has 19 heavy (non-hydrogen) atoms. The molecule has 0 unspecified atom stereocenters. The van der Waals surface area contributed by atoms with E-state index in [9.17, 15) is 4.79 Å². The molecule has 2 rings (SSSR count). The smallest absolute Gasteiger partial charge is 0.265 e. The highest BCUT2D eigenvalue weighted by Gasteiger charge is 2.26. The normalized spacial score (nSPS) is 11.6. The van der Waals surface area contributed by atoms with E-state index in [0.29, 0.717) is 11.4 Å². The van der Waals surface area contributed by atoms with E-state index in [1.807, 2.05) is 32.2 Å². The van der Waals surface area contributed by atoms with Crippen LogP contribution >= 0.6 is 38.8 Å². The summed E-state index contributed by atoms with van der Waals surface area (Å²) in [6.07, 6.45) is 0. The highest BCUT2D eigenvalue weighted by molar-refractivity contribution is 9.10. The molecule has 2 heterocycles. The number of hydrogen-bond acceptors (Lipinski definition) is 5. The van der Waals surface area contributed by atoms with Crippen molar-refractivity contribution >= 4 is 44.7 Å². The van der Waals surface area contributed by atoms with Gasteiger partial charge in [0.1, 0.15) is 4.88 Å². The van der Waals surface area contributed by atoms with Crippen LogP contribution in [0, 0.1) is 0 Å². The van der Waals surface area contributed by atoms with Gasteiger partial charge in [0.05, 0.1) is 12.2 Å². The maximum absolute atomic E-state index is 12.2. The molecule has 0 radical (unpaired) electrons. The maximum atomic E-state index is 12.2. The van der Waals surface area contributed by atoms with Gasteiger partial charge in [-0.15, -0.1) is 16.4 Å². The molecule has 0 saturated carbocycles. The van der Waals surface area contributed by atoms with Gasteiger partial charge in [0, 0.05) is 14.8 Å². The van der Waals surface area contributed by atoms with E-state index < -0.39 is 0 Å². The lowest BCUT2D eigenvalue weighted by molar-refractivity contribution is 0.0953. The average Bonchev–Trinajstić information content (AvgIpc) is 2.93. The second-order valence-electron chi connectivity index (χ2n) is 5.08. The van der Waals surface area contributed by atoms with E-state index in [0.717, 1.165) is 26.6 Å². The molecular formula is C12H14BrN3OS2. The van der Waals surface area contributed by atoms with E-state index in [1.165, 1.54) is 0 Å². The van der Waals surface area contributed by atoms with E-state index in [2.05, 4.69) is 30.8 Å². The first-order chi connectivity index (χ1) is 8.89. The Labute approximate surface area is 128 Å². The van der Waals surface area contributed by atoms with Crippen molar-refractivity contribution in [3.8, 4) is 0 Å². The fraction of sp³-hybridized carbons (Fsp3) is 0.417. The van der Waals surface area contributed by atoms with Crippen molar-refractivity contribution in [3.63, 3.8) is 0 Å². The SMILES string of the molecule is CC(C)(C)c1nnsc1C(=O)NCc1sccc1Br. The first-order valence-corrected chi connectivity index (χ1v) is 8.17. The summed E-state index contributed by atoms with van der Waals surface area (Å²) in [6, 6.07) is 1.97. The van der Waals surface area contributed by atoms with E-state index >= 15 is 0 Å². The minimum atomic E-state index is -0.177. The van der Waals surface area contributed by atoms with Gasteiger partial charge in [-0.05, 0) is 38.9 Å². The first-order valence-electron chi connectivity index (χ1n) is 5.72. The molecule has 0 spiro atoms. The Hall–Kier alpha value is -0.790. The van der Waals surface area contributed by atoms with Crippen LogP contribution in [-0.4, -0.2) is 15.5 Å². The molecule has 4 nitrogen and oxygen atoms in total. The van der Waals surface area contributed by atoms with Gasteiger partial charge in [0.25, 0.3) is 5.91 Å². The van der Waals surface area contributed by atoms with E-state index in [-0.39, 0.29) is 11.3 Å². The van der Waals surface area contributed by atoms with Gasteiger partial charge in [-0.3, -0.25) is 4.79 Å². The topological polar surface area (TPSA) is 54.9 Å². The first kappa shape index (κ1) is 14.6. The zero-order chi connectivity index (χ0) is 14.0. The molecule has 0 saturated heterocycles. The Morgan fingerprint density at radius 3 is 2.79 bits per heavy atom. The van der Waals surface area contributed by atoms with Gasteiger partial charge in [0.2, 0.25) is 0 Å².